The molecule has 45 heavy (non-hydrogen) atoms. The van der Waals surface area contributed by atoms with Crippen molar-refractivity contribution in [1.29, 1.82) is 0 Å². The van der Waals surface area contributed by atoms with Gasteiger partial charge in [0.05, 0.1) is 13.1 Å². The molecule has 2 aliphatic rings. The third-order valence-electron chi connectivity index (χ3n) is 6.89. The van der Waals surface area contributed by atoms with Gasteiger partial charge in [-0.15, -0.1) is 12.4 Å². The molecule has 12 nitrogen and oxygen atoms in total. The Labute approximate surface area is 267 Å². The van der Waals surface area contributed by atoms with Gasteiger partial charge in [0, 0.05) is 70.9 Å². The van der Waals surface area contributed by atoms with Gasteiger partial charge in [-0.1, -0.05) is 0 Å². The largest absolute Gasteiger partial charge is 0.368 e. The van der Waals surface area contributed by atoms with E-state index < -0.39 is 11.8 Å². The van der Waals surface area contributed by atoms with Crippen LogP contribution in [0.4, 0.5) is 11.4 Å². The minimum absolute atomic E-state index is 0. The first-order chi connectivity index (χ1) is 21.3. The number of aliphatic imine (C=N–C) groups is 2. The highest BCUT2D eigenvalue weighted by molar-refractivity contribution is 6.10. The quantitative estimate of drug-likeness (QED) is 0.202. The van der Waals surface area contributed by atoms with Gasteiger partial charge in [-0.25, -0.2) is 0 Å². The predicted molar refractivity (Wildman–Crippen MR) is 177 cm³/mol. The Morgan fingerprint density at radius 2 is 1.00 bits per heavy atom. The van der Waals surface area contributed by atoms with Crippen molar-refractivity contribution in [2.75, 3.05) is 49.9 Å². The monoisotopic (exact) mass is 630 g/mol. The lowest BCUT2D eigenvalue weighted by Crippen LogP contribution is -2.25. The van der Waals surface area contributed by atoms with Crippen LogP contribution in [0.25, 0.3) is 0 Å². The van der Waals surface area contributed by atoms with E-state index in [0.717, 1.165) is 0 Å². The second kappa shape index (κ2) is 15.0. The Kier molecular flexibility index (Phi) is 10.9. The number of nitrogens with zero attached hydrogens (tertiary/aromatic N) is 2. The van der Waals surface area contributed by atoms with Gasteiger partial charge in [0.15, 0.2) is 0 Å². The molecule has 2 heterocycles. The maximum absolute atomic E-state index is 13.1. The fraction of sp³-hybridized carbons (Fsp3) is 0.250. The number of hydrogen-bond donors (Lipinski definition) is 6. The number of amides is 4. The normalized spacial score (nSPS) is 13.3. The van der Waals surface area contributed by atoms with Crippen molar-refractivity contribution in [3.05, 3.63) is 94.0 Å². The molecule has 2 aliphatic heterocycles. The summed E-state index contributed by atoms with van der Waals surface area (Å²) in [5.74, 6) is 0.0176. The van der Waals surface area contributed by atoms with Gasteiger partial charge < -0.3 is 31.9 Å². The standard InChI is InChI=1S/C32H34N8O4.ClH/c1-3-33-29(41)23-13-21(27-35-9-10-36-27)15-25(17-23)39-31(43)19-5-7-20(8-6-19)32(44)40-26-16-22(28-37-11-12-38-28)14-24(18-26)30(42)34-4-2;/h5-8,13-18H,3-4,9-12H2,1-2H3,(H,33,41)(H,34,42)(H,35,36)(H,37,38)(H,39,43)(H,40,44);1H. The number of benzene rings is 3. The molecular weight excluding hydrogens is 596 g/mol. The van der Waals surface area contributed by atoms with E-state index in [9.17, 15) is 19.2 Å². The molecule has 3 aromatic rings. The first kappa shape index (κ1) is 32.7. The van der Waals surface area contributed by atoms with Crippen molar-refractivity contribution in [2.24, 2.45) is 9.98 Å². The summed E-state index contributed by atoms with van der Waals surface area (Å²) in [4.78, 5) is 60.3. The Balaban J connectivity index is 0.00000461. The number of hydrogen-bond acceptors (Lipinski definition) is 8. The molecule has 0 saturated heterocycles. The van der Waals surface area contributed by atoms with Crippen LogP contribution in [-0.2, 0) is 0 Å². The Hall–Kier alpha value is -5.23. The summed E-state index contributed by atoms with van der Waals surface area (Å²) in [6.45, 7) is 7.28. The molecule has 0 aliphatic carbocycles. The average Bonchev–Trinajstić information content (AvgIpc) is 3.77. The molecule has 0 bridgehead atoms. The molecule has 0 unspecified atom stereocenters. The molecule has 0 radical (unpaired) electrons. The topological polar surface area (TPSA) is 165 Å². The van der Waals surface area contributed by atoms with E-state index >= 15 is 0 Å². The van der Waals surface area contributed by atoms with Gasteiger partial charge in [-0.2, -0.15) is 0 Å². The maximum Gasteiger partial charge on any atom is 0.255 e. The van der Waals surface area contributed by atoms with Crippen molar-refractivity contribution in [3.8, 4) is 0 Å². The van der Waals surface area contributed by atoms with Crippen molar-refractivity contribution in [3.63, 3.8) is 0 Å². The fourth-order valence-corrected chi connectivity index (χ4v) is 4.82. The number of nitrogens with one attached hydrogen (secondary N) is 6. The van der Waals surface area contributed by atoms with E-state index in [1.807, 2.05) is 13.8 Å². The minimum atomic E-state index is -0.401. The van der Waals surface area contributed by atoms with E-state index in [1.165, 1.54) is 0 Å². The summed E-state index contributed by atoms with van der Waals surface area (Å²) in [5.41, 5.74) is 3.73. The smallest absolute Gasteiger partial charge is 0.255 e. The summed E-state index contributed by atoms with van der Waals surface area (Å²) in [6.07, 6.45) is 0. The Morgan fingerprint density at radius 3 is 1.33 bits per heavy atom. The second-order valence-corrected chi connectivity index (χ2v) is 10.1. The van der Waals surface area contributed by atoms with Crippen LogP contribution < -0.4 is 31.9 Å². The van der Waals surface area contributed by atoms with E-state index in [2.05, 4.69) is 41.9 Å². The summed E-state index contributed by atoms with van der Waals surface area (Å²) < 4.78 is 0. The zero-order chi connectivity index (χ0) is 31.1. The summed E-state index contributed by atoms with van der Waals surface area (Å²) in [5, 5.41) is 17.6. The summed E-state index contributed by atoms with van der Waals surface area (Å²) >= 11 is 0. The first-order valence-electron chi connectivity index (χ1n) is 14.5. The molecule has 0 aromatic heterocycles. The van der Waals surface area contributed by atoms with Gasteiger partial charge in [0.25, 0.3) is 23.6 Å². The molecule has 234 valence electrons. The number of carbonyl (C=O) groups is 4. The molecule has 0 spiro atoms. The van der Waals surface area contributed by atoms with Gasteiger partial charge in [-0.3, -0.25) is 29.2 Å². The van der Waals surface area contributed by atoms with E-state index in [-0.39, 0.29) is 24.2 Å². The number of halogens is 1. The Bertz CT molecular complexity index is 1550. The van der Waals surface area contributed by atoms with Gasteiger partial charge in [0.2, 0.25) is 0 Å². The van der Waals surface area contributed by atoms with Gasteiger partial charge in [-0.05, 0) is 74.5 Å². The molecule has 4 amide bonds. The molecule has 6 N–H and O–H groups in total. The highest BCUT2D eigenvalue weighted by atomic mass is 35.5. The molecule has 5 rings (SSSR count). The number of amidine groups is 2. The summed E-state index contributed by atoms with van der Waals surface area (Å²) in [7, 11) is 0. The minimum Gasteiger partial charge on any atom is -0.368 e. The van der Waals surface area contributed by atoms with Crippen LogP contribution >= 0.6 is 12.4 Å². The Morgan fingerprint density at radius 1 is 0.600 bits per heavy atom. The zero-order valence-electron chi connectivity index (χ0n) is 25.0. The van der Waals surface area contributed by atoms with Gasteiger partial charge in [0.1, 0.15) is 11.7 Å². The second-order valence-electron chi connectivity index (χ2n) is 10.1. The van der Waals surface area contributed by atoms with Crippen LogP contribution in [0.1, 0.15) is 66.4 Å². The third kappa shape index (κ3) is 8.03. The maximum atomic E-state index is 13.1. The lowest BCUT2D eigenvalue weighted by molar-refractivity contribution is 0.0947. The first-order valence-corrected chi connectivity index (χ1v) is 14.5. The van der Waals surface area contributed by atoms with Crippen molar-refractivity contribution >= 4 is 59.1 Å². The van der Waals surface area contributed by atoms with Crippen LogP contribution in [0, 0.1) is 0 Å². The zero-order valence-corrected chi connectivity index (χ0v) is 25.8. The number of anilines is 2. The molecule has 3 aromatic carbocycles. The fourth-order valence-electron chi connectivity index (χ4n) is 4.82. The number of rotatable bonds is 10. The predicted octanol–water partition coefficient (Wildman–Crippen LogP) is 2.81. The van der Waals surface area contributed by atoms with E-state index in [1.54, 1.807) is 60.7 Å². The highest BCUT2D eigenvalue weighted by Crippen LogP contribution is 2.20. The van der Waals surface area contributed by atoms with Crippen LogP contribution in [0.3, 0.4) is 0 Å². The molecule has 13 heteroatoms. The third-order valence-corrected chi connectivity index (χ3v) is 6.89. The lowest BCUT2D eigenvalue weighted by atomic mass is 10.1. The van der Waals surface area contributed by atoms with E-state index in [4.69, 9.17) is 0 Å². The van der Waals surface area contributed by atoms with Crippen LogP contribution in [0.2, 0.25) is 0 Å². The van der Waals surface area contributed by atoms with E-state index in [0.29, 0.717) is 95.7 Å². The lowest BCUT2D eigenvalue weighted by Gasteiger charge is -2.13. The van der Waals surface area contributed by atoms with Crippen LogP contribution in [0.5, 0.6) is 0 Å². The van der Waals surface area contributed by atoms with Crippen molar-refractivity contribution < 1.29 is 19.2 Å². The van der Waals surface area contributed by atoms with Crippen molar-refractivity contribution in [2.45, 2.75) is 13.8 Å². The SMILES string of the molecule is CCNC(=O)c1cc(NC(=O)c2ccc(C(=O)Nc3cc(C(=O)NCC)cc(C4=NCCN4)c3)cc2)cc(C2=NCCN2)c1.Cl. The molecular formula is C32H35ClN8O4. The van der Waals surface area contributed by atoms with Crippen LogP contribution in [-0.4, -0.2) is 74.6 Å². The highest BCUT2D eigenvalue weighted by Gasteiger charge is 2.18. The van der Waals surface area contributed by atoms with Crippen LogP contribution in [0.15, 0.2) is 70.6 Å². The number of carbonyl (C=O) groups excluding carboxylic acids is 4. The molecule has 0 fully saturated rings. The van der Waals surface area contributed by atoms with Crippen molar-refractivity contribution in [1.82, 2.24) is 21.3 Å². The van der Waals surface area contributed by atoms with Gasteiger partial charge >= 0.3 is 0 Å². The molecule has 0 atom stereocenters. The molecule has 0 saturated carbocycles. The average molecular weight is 631 g/mol. The summed E-state index contributed by atoms with van der Waals surface area (Å²) in [6, 6.07) is 16.4.